The van der Waals surface area contributed by atoms with Gasteiger partial charge in [0.2, 0.25) is 0 Å². The van der Waals surface area contributed by atoms with E-state index in [-0.39, 0.29) is 10.8 Å². The Morgan fingerprint density at radius 1 is 1.35 bits per heavy atom. The van der Waals surface area contributed by atoms with Gasteiger partial charge in [0.25, 0.3) is 9.05 Å². The van der Waals surface area contributed by atoms with Gasteiger partial charge in [0.1, 0.15) is 11.8 Å². The number of rotatable bonds is 6. The van der Waals surface area contributed by atoms with Crippen LogP contribution in [0.1, 0.15) is 45.1 Å². The number of halogens is 1. The van der Waals surface area contributed by atoms with Crippen LogP contribution in [0.4, 0.5) is 0 Å². The second kappa shape index (κ2) is 6.96. The molecule has 0 radical (unpaired) electrons. The number of hydrogen-bond acceptors (Lipinski definition) is 4. The quantitative estimate of drug-likeness (QED) is 0.749. The lowest BCUT2D eigenvalue weighted by molar-refractivity contribution is 0.248. The minimum atomic E-state index is -3.77. The van der Waals surface area contributed by atoms with Crippen LogP contribution in [0.2, 0.25) is 0 Å². The van der Waals surface area contributed by atoms with Crippen LogP contribution >= 0.6 is 10.7 Å². The van der Waals surface area contributed by atoms with Gasteiger partial charge in [0, 0.05) is 10.7 Å². The van der Waals surface area contributed by atoms with Crippen LogP contribution in [0.15, 0.2) is 23.1 Å². The fourth-order valence-corrected chi connectivity index (χ4v) is 2.53. The summed E-state index contributed by atoms with van der Waals surface area (Å²) < 4.78 is 28.5. The molecule has 0 saturated heterocycles. The molecule has 1 aromatic rings. The molecule has 6 heteroatoms. The molecule has 1 aromatic carbocycles. The van der Waals surface area contributed by atoms with Crippen LogP contribution in [-0.2, 0) is 9.05 Å². The molecule has 0 aliphatic rings. The first-order chi connectivity index (χ1) is 9.33. The van der Waals surface area contributed by atoms with Crippen molar-refractivity contribution in [3.8, 4) is 11.8 Å². The standard InChI is InChI=1S/C14H18ClNO3S/c1-4-10(3)13-8-12(20(15,17)18)6-7-14(13)19-11(5-2)9-16/h6-8,10-11H,4-5H2,1-3H3. The Hall–Kier alpha value is -1.25. The summed E-state index contributed by atoms with van der Waals surface area (Å²) in [5.74, 6) is 0.649. The molecule has 0 bridgehead atoms. The van der Waals surface area contributed by atoms with Crippen molar-refractivity contribution in [3.05, 3.63) is 23.8 Å². The zero-order chi connectivity index (χ0) is 15.3. The van der Waals surface area contributed by atoms with Crippen molar-refractivity contribution in [2.24, 2.45) is 0 Å². The van der Waals surface area contributed by atoms with Crippen LogP contribution in [0.25, 0.3) is 0 Å². The van der Waals surface area contributed by atoms with E-state index in [1.165, 1.54) is 12.1 Å². The molecule has 0 N–H and O–H groups in total. The molecule has 0 aromatic heterocycles. The monoisotopic (exact) mass is 315 g/mol. The normalized spacial score (nSPS) is 14.3. The molecule has 0 heterocycles. The highest BCUT2D eigenvalue weighted by Gasteiger charge is 2.18. The Kier molecular flexibility index (Phi) is 5.85. The van der Waals surface area contributed by atoms with E-state index in [4.69, 9.17) is 20.7 Å². The number of hydrogen-bond donors (Lipinski definition) is 0. The van der Waals surface area contributed by atoms with E-state index >= 15 is 0 Å². The number of benzene rings is 1. The first-order valence-electron chi connectivity index (χ1n) is 6.48. The SMILES string of the molecule is CCC(C#N)Oc1ccc(S(=O)(=O)Cl)cc1C(C)CC. The van der Waals surface area contributed by atoms with E-state index in [0.29, 0.717) is 12.2 Å². The van der Waals surface area contributed by atoms with Gasteiger partial charge in [0.15, 0.2) is 6.10 Å². The smallest absolute Gasteiger partial charge is 0.261 e. The van der Waals surface area contributed by atoms with Gasteiger partial charge in [-0.2, -0.15) is 5.26 Å². The van der Waals surface area contributed by atoms with Crippen molar-refractivity contribution in [1.29, 1.82) is 5.26 Å². The Bertz CT molecular complexity index is 607. The van der Waals surface area contributed by atoms with Crippen LogP contribution < -0.4 is 4.74 Å². The molecular formula is C14H18ClNO3S. The molecule has 0 fully saturated rings. The van der Waals surface area contributed by atoms with Gasteiger partial charge in [-0.25, -0.2) is 8.42 Å². The summed E-state index contributed by atoms with van der Waals surface area (Å²) in [7, 11) is 1.60. The third-order valence-electron chi connectivity index (χ3n) is 3.19. The molecule has 0 spiro atoms. The van der Waals surface area contributed by atoms with Gasteiger partial charge in [-0.3, -0.25) is 0 Å². The maximum absolute atomic E-state index is 11.4. The van der Waals surface area contributed by atoms with Crippen molar-refractivity contribution in [3.63, 3.8) is 0 Å². The number of nitrogens with zero attached hydrogens (tertiary/aromatic N) is 1. The highest BCUT2D eigenvalue weighted by Crippen LogP contribution is 2.32. The van der Waals surface area contributed by atoms with E-state index in [2.05, 4.69) is 6.07 Å². The lowest BCUT2D eigenvalue weighted by Crippen LogP contribution is -2.14. The molecule has 1 rings (SSSR count). The van der Waals surface area contributed by atoms with Crippen LogP contribution in [0.3, 0.4) is 0 Å². The molecule has 4 nitrogen and oxygen atoms in total. The lowest BCUT2D eigenvalue weighted by atomic mass is 9.97. The first kappa shape index (κ1) is 16.8. The molecule has 0 aliphatic carbocycles. The maximum atomic E-state index is 11.4. The summed E-state index contributed by atoms with van der Waals surface area (Å²) >= 11 is 0. The van der Waals surface area contributed by atoms with Crippen LogP contribution in [0.5, 0.6) is 5.75 Å². The Morgan fingerprint density at radius 3 is 2.45 bits per heavy atom. The average molecular weight is 316 g/mol. The van der Waals surface area contributed by atoms with Gasteiger partial charge in [-0.15, -0.1) is 0 Å². The minimum Gasteiger partial charge on any atom is -0.475 e. The first-order valence-corrected chi connectivity index (χ1v) is 8.79. The Morgan fingerprint density at radius 2 is 2.00 bits per heavy atom. The van der Waals surface area contributed by atoms with Gasteiger partial charge in [-0.1, -0.05) is 20.8 Å². The molecule has 2 unspecified atom stereocenters. The van der Waals surface area contributed by atoms with E-state index < -0.39 is 15.2 Å². The summed E-state index contributed by atoms with van der Waals surface area (Å²) in [4.78, 5) is 0.0480. The fourth-order valence-electron chi connectivity index (χ4n) is 1.74. The maximum Gasteiger partial charge on any atom is 0.261 e. The van der Waals surface area contributed by atoms with E-state index in [1.54, 1.807) is 6.07 Å². The van der Waals surface area contributed by atoms with Crippen LogP contribution in [-0.4, -0.2) is 14.5 Å². The largest absolute Gasteiger partial charge is 0.475 e. The van der Waals surface area contributed by atoms with Crippen molar-refractivity contribution < 1.29 is 13.2 Å². The Labute approximate surface area is 124 Å². The van der Waals surface area contributed by atoms with Gasteiger partial charge < -0.3 is 4.74 Å². The molecule has 2 atom stereocenters. The summed E-state index contributed by atoms with van der Waals surface area (Å²) in [5, 5.41) is 8.97. The third kappa shape index (κ3) is 4.12. The highest BCUT2D eigenvalue weighted by molar-refractivity contribution is 8.13. The summed E-state index contributed by atoms with van der Waals surface area (Å²) in [6, 6.07) is 6.55. The van der Waals surface area contributed by atoms with Crippen molar-refractivity contribution >= 4 is 19.7 Å². The summed E-state index contributed by atoms with van der Waals surface area (Å²) in [6.45, 7) is 5.83. The summed E-state index contributed by atoms with van der Waals surface area (Å²) in [5.41, 5.74) is 0.753. The van der Waals surface area contributed by atoms with Crippen molar-refractivity contribution in [2.45, 2.75) is 50.5 Å². The predicted molar refractivity (Wildman–Crippen MR) is 78.5 cm³/mol. The van der Waals surface area contributed by atoms with E-state index in [9.17, 15) is 8.42 Å². The molecule has 0 aliphatic heterocycles. The molecule has 20 heavy (non-hydrogen) atoms. The van der Waals surface area contributed by atoms with Gasteiger partial charge in [0.05, 0.1) is 4.90 Å². The predicted octanol–water partition coefficient (Wildman–Crippen LogP) is 3.81. The molecule has 0 saturated carbocycles. The zero-order valence-electron chi connectivity index (χ0n) is 11.8. The highest BCUT2D eigenvalue weighted by atomic mass is 35.7. The van der Waals surface area contributed by atoms with Gasteiger partial charge in [-0.05, 0) is 42.5 Å². The number of nitriles is 1. The average Bonchev–Trinajstić information content (AvgIpc) is 2.42. The molecular weight excluding hydrogens is 298 g/mol. The fraction of sp³-hybridized carbons (Fsp3) is 0.500. The van der Waals surface area contributed by atoms with Crippen molar-refractivity contribution in [1.82, 2.24) is 0 Å². The minimum absolute atomic E-state index is 0.0480. The second-order valence-electron chi connectivity index (χ2n) is 4.59. The van der Waals surface area contributed by atoms with Crippen molar-refractivity contribution in [2.75, 3.05) is 0 Å². The summed E-state index contributed by atoms with van der Waals surface area (Å²) in [6.07, 6.45) is 0.841. The van der Waals surface area contributed by atoms with E-state index in [0.717, 1.165) is 12.0 Å². The number of ether oxygens (including phenoxy) is 1. The lowest BCUT2D eigenvalue weighted by Gasteiger charge is -2.18. The van der Waals surface area contributed by atoms with Gasteiger partial charge >= 0.3 is 0 Å². The Balaban J connectivity index is 3.28. The van der Waals surface area contributed by atoms with Crippen LogP contribution in [0, 0.1) is 11.3 Å². The second-order valence-corrected chi connectivity index (χ2v) is 7.16. The third-order valence-corrected chi connectivity index (χ3v) is 4.54. The topological polar surface area (TPSA) is 67.2 Å². The molecule has 110 valence electrons. The van der Waals surface area contributed by atoms with E-state index in [1.807, 2.05) is 20.8 Å². The zero-order valence-corrected chi connectivity index (χ0v) is 13.3. The molecule has 0 amide bonds.